The molecule has 0 unspecified atom stereocenters. The molecule has 0 spiro atoms. The molecule has 4 nitrogen and oxygen atoms in total. The van der Waals surface area contributed by atoms with Crippen LogP contribution in [0, 0.1) is 10.1 Å². The van der Waals surface area contributed by atoms with Crippen LogP contribution in [0.5, 0.6) is 0 Å². The predicted molar refractivity (Wildman–Crippen MR) is 120 cm³/mol. The van der Waals surface area contributed by atoms with E-state index in [0.29, 0.717) is 0 Å². The molecule has 0 radical (unpaired) electrons. The van der Waals surface area contributed by atoms with Crippen molar-refractivity contribution >= 4 is 11.4 Å². The Morgan fingerprint density at radius 3 is 1.90 bits per heavy atom. The number of benzene rings is 3. The fourth-order valence-electron chi connectivity index (χ4n) is 5.56. The zero-order chi connectivity index (χ0) is 20.9. The molecule has 152 valence electrons. The molecule has 3 aromatic carbocycles. The van der Waals surface area contributed by atoms with Crippen molar-refractivity contribution in [1.82, 2.24) is 0 Å². The van der Waals surface area contributed by atoms with Crippen molar-refractivity contribution in [2.45, 2.75) is 37.5 Å². The maximum atomic E-state index is 12.1. The topological polar surface area (TPSA) is 46.4 Å². The normalized spacial score (nSPS) is 24.9. The molecular weight excluding hydrogens is 372 g/mol. The Kier molecular flexibility index (Phi) is 4.21. The van der Waals surface area contributed by atoms with Gasteiger partial charge in [-0.2, -0.15) is 0 Å². The Labute approximate surface area is 177 Å². The van der Waals surface area contributed by atoms with Gasteiger partial charge in [-0.3, -0.25) is 10.1 Å². The lowest BCUT2D eigenvalue weighted by atomic mass is 9.64. The monoisotopic (exact) mass is 398 g/mol. The summed E-state index contributed by atoms with van der Waals surface area (Å²) < 4.78 is 0. The standard InChI is InChI=1S/C26H26N2O2/c1-25(19-9-5-3-6-10-19)15-17-27-18-16-26(2,20-11-7-4-8-12-20)23-22(28(29)30)14-13-21(25)24(23)27/h3-14H,15-18H2,1-2H3/t25-,26+/m1/s1. The third kappa shape index (κ3) is 2.59. The first-order valence-electron chi connectivity index (χ1n) is 10.6. The molecule has 30 heavy (non-hydrogen) atoms. The highest BCUT2D eigenvalue weighted by Crippen LogP contribution is 2.55. The second-order valence-corrected chi connectivity index (χ2v) is 9.00. The van der Waals surface area contributed by atoms with Crippen molar-refractivity contribution in [3.8, 4) is 0 Å². The van der Waals surface area contributed by atoms with Gasteiger partial charge in [-0.25, -0.2) is 0 Å². The van der Waals surface area contributed by atoms with Crippen LogP contribution in [0.3, 0.4) is 0 Å². The summed E-state index contributed by atoms with van der Waals surface area (Å²) in [5.74, 6) is 0. The van der Waals surface area contributed by atoms with Crippen LogP contribution < -0.4 is 4.90 Å². The molecule has 0 aliphatic carbocycles. The second kappa shape index (κ2) is 6.69. The minimum Gasteiger partial charge on any atom is -0.371 e. The molecule has 5 rings (SSSR count). The van der Waals surface area contributed by atoms with Crippen molar-refractivity contribution in [2.75, 3.05) is 18.0 Å². The van der Waals surface area contributed by atoms with E-state index in [9.17, 15) is 10.1 Å². The fraction of sp³-hybridized carbons (Fsp3) is 0.308. The fourth-order valence-corrected chi connectivity index (χ4v) is 5.56. The van der Waals surface area contributed by atoms with Crippen LogP contribution in [0.1, 0.15) is 48.9 Å². The van der Waals surface area contributed by atoms with Crippen LogP contribution in [0.15, 0.2) is 72.8 Å². The number of nitrogens with zero attached hydrogens (tertiary/aromatic N) is 2. The van der Waals surface area contributed by atoms with Gasteiger partial charge < -0.3 is 4.90 Å². The number of rotatable bonds is 3. The quantitative estimate of drug-likeness (QED) is 0.412. The Hall–Kier alpha value is -3.14. The lowest BCUT2D eigenvalue weighted by Gasteiger charge is -2.49. The zero-order valence-corrected chi connectivity index (χ0v) is 17.5. The number of anilines is 1. The zero-order valence-electron chi connectivity index (χ0n) is 17.5. The molecule has 4 heteroatoms. The van der Waals surface area contributed by atoms with Gasteiger partial charge in [0.15, 0.2) is 0 Å². The summed E-state index contributed by atoms with van der Waals surface area (Å²) in [6, 6.07) is 24.6. The first-order chi connectivity index (χ1) is 14.4. The Bertz CT molecular complexity index is 1110. The van der Waals surface area contributed by atoms with E-state index in [1.165, 1.54) is 11.1 Å². The van der Waals surface area contributed by atoms with Crippen LogP contribution in [-0.2, 0) is 10.8 Å². The van der Waals surface area contributed by atoms with E-state index in [1.807, 2.05) is 30.3 Å². The van der Waals surface area contributed by atoms with Crippen molar-refractivity contribution in [2.24, 2.45) is 0 Å². The Morgan fingerprint density at radius 2 is 1.33 bits per heavy atom. The van der Waals surface area contributed by atoms with Crippen molar-refractivity contribution < 1.29 is 4.92 Å². The smallest absolute Gasteiger partial charge is 0.275 e. The van der Waals surface area contributed by atoms with Crippen LogP contribution in [-0.4, -0.2) is 18.0 Å². The Balaban J connectivity index is 1.82. The van der Waals surface area contributed by atoms with Gasteiger partial charge in [-0.15, -0.1) is 0 Å². The number of nitro benzene ring substituents is 1. The van der Waals surface area contributed by atoms with Gasteiger partial charge in [-0.05, 0) is 35.6 Å². The first kappa shape index (κ1) is 18.9. The molecule has 0 N–H and O–H groups in total. The third-order valence-electron chi connectivity index (χ3n) is 7.40. The summed E-state index contributed by atoms with van der Waals surface area (Å²) in [7, 11) is 0. The van der Waals surface area contributed by atoms with Crippen LogP contribution in [0.25, 0.3) is 0 Å². The van der Waals surface area contributed by atoms with E-state index in [1.54, 1.807) is 6.07 Å². The van der Waals surface area contributed by atoms with E-state index in [-0.39, 0.29) is 21.4 Å². The van der Waals surface area contributed by atoms with Gasteiger partial charge in [0.25, 0.3) is 5.69 Å². The van der Waals surface area contributed by atoms with E-state index in [4.69, 9.17) is 0 Å². The molecule has 2 aliphatic heterocycles. The summed E-state index contributed by atoms with van der Waals surface area (Å²) in [6.45, 7) is 6.29. The van der Waals surface area contributed by atoms with Gasteiger partial charge in [0.05, 0.1) is 16.2 Å². The minimum atomic E-state index is -0.388. The van der Waals surface area contributed by atoms with E-state index in [2.05, 4.69) is 55.1 Å². The summed E-state index contributed by atoms with van der Waals surface area (Å²) in [6.07, 6.45) is 1.87. The summed E-state index contributed by atoms with van der Waals surface area (Å²) in [5, 5.41) is 12.1. The molecule has 2 atom stereocenters. The lowest BCUT2D eigenvalue weighted by molar-refractivity contribution is -0.386. The number of nitro groups is 1. The molecule has 0 saturated carbocycles. The maximum absolute atomic E-state index is 12.1. The molecule has 0 bridgehead atoms. The van der Waals surface area contributed by atoms with E-state index in [0.717, 1.165) is 42.7 Å². The SMILES string of the molecule is C[C@@]1(c2ccccc2)CCN2CC[C@](C)(c3ccccc3)c3ccc([N+](=O)[O-])c1c32. The van der Waals surface area contributed by atoms with Crippen LogP contribution in [0.4, 0.5) is 11.4 Å². The number of hydrogen-bond acceptors (Lipinski definition) is 3. The van der Waals surface area contributed by atoms with Crippen molar-refractivity contribution in [1.29, 1.82) is 0 Å². The number of hydrogen-bond donors (Lipinski definition) is 0. The molecule has 0 fully saturated rings. The van der Waals surface area contributed by atoms with Gasteiger partial charge in [0.2, 0.25) is 0 Å². The molecule has 3 aromatic rings. The molecule has 2 heterocycles. The molecule has 0 amide bonds. The van der Waals surface area contributed by atoms with Gasteiger partial charge in [-0.1, -0.05) is 74.5 Å². The lowest BCUT2D eigenvalue weighted by Crippen LogP contribution is -2.47. The summed E-state index contributed by atoms with van der Waals surface area (Å²) >= 11 is 0. The van der Waals surface area contributed by atoms with Crippen LogP contribution >= 0.6 is 0 Å². The van der Waals surface area contributed by atoms with Gasteiger partial charge in [0.1, 0.15) is 0 Å². The molecular formula is C26H26N2O2. The Morgan fingerprint density at radius 1 is 0.800 bits per heavy atom. The van der Waals surface area contributed by atoms with E-state index >= 15 is 0 Å². The highest BCUT2D eigenvalue weighted by Gasteiger charge is 2.47. The highest BCUT2D eigenvalue weighted by molar-refractivity contribution is 5.76. The van der Waals surface area contributed by atoms with Gasteiger partial charge in [0, 0.05) is 30.0 Å². The molecule has 0 saturated heterocycles. The second-order valence-electron chi connectivity index (χ2n) is 9.00. The molecule has 2 aliphatic rings. The maximum Gasteiger partial charge on any atom is 0.275 e. The largest absolute Gasteiger partial charge is 0.371 e. The molecule has 0 aromatic heterocycles. The average Bonchev–Trinajstić information content (AvgIpc) is 2.79. The average molecular weight is 399 g/mol. The third-order valence-corrected chi connectivity index (χ3v) is 7.40. The summed E-state index contributed by atoms with van der Waals surface area (Å²) in [5.41, 5.74) is 5.28. The van der Waals surface area contributed by atoms with E-state index < -0.39 is 0 Å². The highest BCUT2D eigenvalue weighted by atomic mass is 16.6. The van der Waals surface area contributed by atoms with Crippen molar-refractivity contribution in [3.63, 3.8) is 0 Å². The minimum absolute atomic E-state index is 0.161. The predicted octanol–water partition coefficient (Wildman–Crippen LogP) is 5.82. The van der Waals surface area contributed by atoms with Gasteiger partial charge >= 0.3 is 0 Å². The van der Waals surface area contributed by atoms with Crippen LogP contribution in [0.2, 0.25) is 0 Å². The first-order valence-corrected chi connectivity index (χ1v) is 10.6. The summed E-state index contributed by atoms with van der Waals surface area (Å²) in [4.78, 5) is 14.3. The van der Waals surface area contributed by atoms with Crippen molar-refractivity contribution in [3.05, 3.63) is 105 Å².